The van der Waals surface area contributed by atoms with Crippen molar-refractivity contribution in [3.8, 4) is 5.75 Å². The summed E-state index contributed by atoms with van der Waals surface area (Å²) < 4.78 is 6.14. The molecular weight excluding hydrogens is 500 g/mol. The van der Waals surface area contributed by atoms with Gasteiger partial charge in [-0.3, -0.25) is 14.5 Å². The Balaban J connectivity index is 1.37. The number of anilines is 1. The molecule has 1 saturated heterocycles. The highest BCUT2D eigenvalue weighted by Crippen LogP contribution is 2.38. The third-order valence-corrected chi connectivity index (χ3v) is 7.08. The normalized spacial score (nSPS) is 15.4. The number of carbonyl (C=O) groups is 2. The second-order valence-corrected chi connectivity index (χ2v) is 10.1. The number of thioether (sulfide) groups is 1. The summed E-state index contributed by atoms with van der Waals surface area (Å²) in [6.07, 6.45) is 1.81. The van der Waals surface area contributed by atoms with Crippen molar-refractivity contribution in [1.82, 2.24) is 4.90 Å². The number of nitrogens with zero attached hydrogens (tertiary/aromatic N) is 1. The molecule has 1 aliphatic heterocycles. The number of amides is 2. The van der Waals surface area contributed by atoms with E-state index in [0.29, 0.717) is 25.7 Å². The van der Waals surface area contributed by atoms with Gasteiger partial charge in [0.05, 0.1) is 10.9 Å². The summed E-state index contributed by atoms with van der Waals surface area (Å²) in [5, 5.41) is 3.35. The number of ether oxygens (including phenoxy) is 1. The average Bonchev–Trinajstić information content (AvgIpc) is 3.13. The number of hydrogen-bond donors (Lipinski definition) is 1. The van der Waals surface area contributed by atoms with E-state index in [1.807, 2.05) is 68.5 Å². The molecule has 3 aromatic rings. The van der Waals surface area contributed by atoms with Crippen LogP contribution < -0.4 is 10.1 Å². The van der Waals surface area contributed by atoms with Gasteiger partial charge in [-0.2, -0.15) is 0 Å². The van der Waals surface area contributed by atoms with E-state index in [4.69, 9.17) is 28.6 Å². The molecule has 0 aliphatic carbocycles. The van der Waals surface area contributed by atoms with Crippen molar-refractivity contribution in [3.05, 3.63) is 99.4 Å². The first kappa shape index (κ1) is 25.0. The van der Waals surface area contributed by atoms with E-state index in [2.05, 4.69) is 5.32 Å². The van der Waals surface area contributed by atoms with Gasteiger partial charge in [0.1, 0.15) is 10.1 Å². The maximum Gasteiger partial charge on any atom is 0.266 e. The predicted octanol–water partition coefficient (Wildman–Crippen LogP) is 6.63. The number of aryl methyl sites for hydroxylation is 1. The molecule has 5 nitrogen and oxygen atoms in total. The van der Waals surface area contributed by atoms with Gasteiger partial charge in [-0.25, -0.2) is 0 Å². The molecule has 8 heteroatoms. The van der Waals surface area contributed by atoms with Crippen LogP contribution in [0, 0.1) is 6.92 Å². The minimum Gasteiger partial charge on any atom is -0.484 e. The molecule has 3 aromatic carbocycles. The molecule has 178 valence electrons. The Kier molecular flexibility index (Phi) is 7.90. The lowest BCUT2D eigenvalue weighted by Crippen LogP contribution is -2.30. The molecule has 1 heterocycles. The predicted molar refractivity (Wildman–Crippen MR) is 147 cm³/mol. The summed E-state index contributed by atoms with van der Waals surface area (Å²) in [5.41, 5.74) is 3.43. The van der Waals surface area contributed by atoms with Crippen LogP contribution in [0.3, 0.4) is 0 Å². The summed E-state index contributed by atoms with van der Waals surface area (Å²) in [7, 11) is 0. The minimum atomic E-state index is -0.282. The van der Waals surface area contributed by atoms with E-state index in [9.17, 15) is 9.59 Å². The van der Waals surface area contributed by atoms with Crippen LogP contribution in [0.15, 0.2) is 77.7 Å². The zero-order chi connectivity index (χ0) is 24.9. The zero-order valence-corrected chi connectivity index (χ0v) is 21.5. The largest absolute Gasteiger partial charge is 0.484 e. The Labute approximate surface area is 219 Å². The van der Waals surface area contributed by atoms with Crippen LogP contribution >= 0.6 is 35.6 Å². The Morgan fingerprint density at radius 3 is 2.57 bits per heavy atom. The van der Waals surface area contributed by atoms with Crippen LogP contribution in [0.4, 0.5) is 5.69 Å². The molecule has 1 aliphatic rings. The molecule has 4 rings (SSSR count). The van der Waals surface area contributed by atoms with Gasteiger partial charge in [-0.15, -0.1) is 0 Å². The van der Waals surface area contributed by atoms with Crippen LogP contribution in [0.5, 0.6) is 5.75 Å². The fourth-order valence-corrected chi connectivity index (χ4v) is 5.16. The fraction of sp³-hybridized carbons (Fsp3) is 0.148. The average molecular weight is 523 g/mol. The van der Waals surface area contributed by atoms with Gasteiger partial charge < -0.3 is 10.1 Å². The van der Waals surface area contributed by atoms with Crippen molar-refractivity contribution < 1.29 is 14.3 Å². The van der Waals surface area contributed by atoms with E-state index < -0.39 is 0 Å². The number of carbonyl (C=O) groups excluding carboxylic acids is 2. The van der Waals surface area contributed by atoms with E-state index in [1.54, 1.807) is 29.2 Å². The monoisotopic (exact) mass is 522 g/mol. The maximum absolute atomic E-state index is 13.0. The number of hydrogen-bond acceptors (Lipinski definition) is 5. The summed E-state index contributed by atoms with van der Waals surface area (Å²) in [4.78, 5) is 27.5. The van der Waals surface area contributed by atoms with Crippen molar-refractivity contribution >= 4 is 63.5 Å². The Morgan fingerprint density at radius 2 is 1.86 bits per heavy atom. The van der Waals surface area contributed by atoms with Crippen LogP contribution in [-0.4, -0.2) is 27.6 Å². The van der Waals surface area contributed by atoms with Gasteiger partial charge in [0.25, 0.3) is 11.8 Å². The van der Waals surface area contributed by atoms with Gasteiger partial charge >= 0.3 is 0 Å². The quantitative estimate of drug-likeness (QED) is 0.279. The van der Waals surface area contributed by atoms with Crippen LogP contribution in [0.25, 0.3) is 6.08 Å². The van der Waals surface area contributed by atoms with Crippen molar-refractivity contribution in [2.45, 2.75) is 19.9 Å². The molecule has 2 amide bonds. The van der Waals surface area contributed by atoms with E-state index in [1.165, 1.54) is 11.8 Å². The Morgan fingerprint density at radius 1 is 1.14 bits per heavy atom. The lowest BCUT2D eigenvalue weighted by Gasteiger charge is -2.23. The highest BCUT2D eigenvalue weighted by Gasteiger charge is 2.35. The number of nitrogens with one attached hydrogen (secondary N) is 1. The molecule has 0 saturated carbocycles. The second-order valence-electron chi connectivity index (χ2n) is 8.00. The van der Waals surface area contributed by atoms with Gasteiger partial charge in [0.2, 0.25) is 0 Å². The molecule has 35 heavy (non-hydrogen) atoms. The maximum atomic E-state index is 13.0. The van der Waals surface area contributed by atoms with Crippen molar-refractivity contribution in [2.75, 3.05) is 11.9 Å². The topological polar surface area (TPSA) is 58.6 Å². The third-order valence-electron chi connectivity index (χ3n) is 5.51. The zero-order valence-electron chi connectivity index (χ0n) is 19.2. The van der Waals surface area contributed by atoms with E-state index in [0.717, 1.165) is 16.7 Å². The van der Waals surface area contributed by atoms with Crippen molar-refractivity contribution in [2.24, 2.45) is 0 Å². The van der Waals surface area contributed by atoms with Crippen LogP contribution in [-0.2, 0) is 9.59 Å². The lowest BCUT2D eigenvalue weighted by molar-refractivity contribution is -0.123. The first-order chi connectivity index (χ1) is 16.8. The number of rotatable bonds is 7. The van der Waals surface area contributed by atoms with Crippen LogP contribution in [0.2, 0.25) is 5.02 Å². The summed E-state index contributed by atoms with van der Waals surface area (Å²) in [5.74, 6) is 0.158. The van der Waals surface area contributed by atoms with Crippen LogP contribution in [0.1, 0.15) is 29.7 Å². The summed E-state index contributed by atoms with van der Waals surface area (Å²) in [6.45, 7) is 3.72. The molecule has 0 aromatic heterocycles. The van der Waals surface area contributed by atoms with E-state index >= 15 is 0 Å². The Bertz CT molecular complexity index is 1290. The van der Waals surface area contributed by atoms with Gasteiger partial charge in [-0.05, 0) is 60.9 Å². The Hall–Kier alpha value is -3.13. The molecule has 0 unspecified atom stereocenters. The third kappa shape index (κ3) is 6.11. The fourth-order valence-electron chi connectivity index (χ4n) is 3.57. The number of thiocarbonyl (C=S) groups is 1. The minimum absolute atomic E-state index is 0.107. The first-order valence-electron chi connectivity index (χ1n) is 10.9. The molecule has 0 bridgehead atoms. The smallest absolute Gasteiger partial charge is 0.266 e. The molecule has 1 fully saturated rings. The number of halogens is 1. The van der Waals surface area contributed by atoms with Crippen molar-refractivity contribution in [1.29, 1.82) is 0 Å². The summed E-state index contributed by atoms with van der Waals surface area (Å²) in [6, 6.07) is 22.2. The molecule has 0 spiro atoms. The highest BCUT2D eigenvalue weighted by molar-refractivity contribution is 8.26. The molecule has 1 N–H and O–H groups in total. The molecular formula is C27H23ClN2O3S2. The van der Waals surface area contributed by atoms with E-state index in [-0.39, 0.29) is 24.5 Å². The molecule has 0 radical (unpaired) electrons. The van der Waals surface area contributed by atoms with Gasteiger partial charge in [0.15, 0.2) is 6.61 Å². The molecule has 1 atom stereocenters. The SMILES string of the molecule is Cc1ccc(Cl)cc1NC(=O)COc1ccc(/C=C2\SC(=S)N([C@H](C)c3ccccc3)C2=O)cc1. The number of benzene rings is 3. The second kappa shape index (κ2) is 11.1. The standard InChI is InChI=1S/C27H23ClN2O3S2/c1-17-8-11-21(28)15-23(17)29-25(31)16-33-22-12-9-19(10-13-22)14-24-26(32)30(27(34)35-24)18(2)20-6-4-3-5-7-20/h3-15,18H,16H2,1-2H3,(H,29,31)/b24-14-/t18-/m1/s1. The van der Waals surface area contributed by atoms with Crippen molar-refractivity contribution in [3.63, 3.8) is 0 Å². The lowest BCUT2D eigenvalue weighted by atomic mass is 10.1. The first-order valence-corrected chi connectivity index (χ1v) is 12.5. The van der Waals surface area contributed by atoms with Gasteiger partial charge in [-0.1, -0.05) is 84.1 Å². The highest BCUT2D eigenvalue weighted by atomic mass is 35.5. The summed E-state index contributed by atoms with van der Waals surface area (Å²) >= 11 is 12.8. The van der Waals surface area contributed by atoms with Gasteiger partial charge in [0, 0.05) is 10.7 Å².